The minimum absolute atomic E-state index is 0.0956. The van der Waals surface area contributed by atoms with E-state index in [9.17, 15) is 8.42 Å². The lowest BCUT2D eigenvalue weighted by Crippen LogP contribution is -2.11. The van der Waals surface area contributed by atoms with Crippen LogP contribution < -0.4 is 0 Å². The van der Waals surface area contributed by atoms with Crippen LogP contribution in [0, 0.1) is 6.92 Å². The monoisotopic (exact) mass is 294 g/mol. The first-order chi connectivity index (χ1) is 8.99. The Morgan fingerprint density at radius 1 is 1.00 bits per heavy atom. The van der Waals surface area contributed by atoms with E-state index < -0.39 is 15.2 Å². The van der Waals surface area contributed by atoms with Gasteiger partial charge in [0.2, 0.25) is 0 Å². The molecule has 0 fully saturated rings. The van der Waals surface area contributed by atoms with E-state index >= 15 is 0 Å². The molecule has 0 bridgehead atoms. The quantitative estimate of drug-likeness (QED) is 0.805. The van der Waals surface area contributed by atoms with Crippen molar-refractivity contribution in [3.8, 4) is 0 Å². The van der Waals surface area contributed by atoms with Crippen molar-refractivity contribution in [1.82, 2.24) is 0 Å². The Kier molecular flexibility index (Phi) is 4.27. The van der Waals surface area contributed by atoms with Gasteiger partial charge in [-0.1, -0.05) is 48.0 Å². The number of hydrogen-bond donors (Lipinski definition) is 0. The summed E-state index contributed by atoms with van der Waals surface area (Å²) < 4.78 is 24.5. The fourth-order valence-corrected chi connectivity index (χ4v) is 3.76. The van der Waals surface area contributed by atoms with Crippen molar-refractivity contribution in [3.05, 3.63) is 65.7 Å². The predicted octanol–water partition coefficient (Wildman–Crippen LogP) is 3.75. The van der Waals surface area contributed by atoms with Crippen molar-refractivity contribution in [3.63, 3.8) is 0 Å². The molecule has 1 atom stereocenters. The topological polar surface area (TPSA) is 34.1 Å². The van der Waals surface area contributed by atoms with Gasteiger partial charge in [-0.25, -0.2) is 8.42 Å². The average molecular weight is 295 g/mol. The highest BCUT2D eigenvalue weighted by atomic mass is 35.5. The maximum Gasteiger partial charge on any atom is 0.180 e. The van der Waals surface area contributed by atoms with Gasteiger partial charge in [0.05, 0.1) is 16.0 Å². The predicted molar refractivity (Wildman–Crippen MR) is 78.3 cm³/mol. The molecule has 0 saturated heterocycles. The molecular formula is C15H15ClO2S. The summed E-state index contributed by atoms with van der Waals surface area (Å²) in [6.45, 7) is 1.92. The first-order valence-corrected chi connectivity index (χ1v) is 8.06. The standard InChI is InChI=1S/C15H15ClO2S/c1-12-7-9-14(10-8-12)19(17,18)11-15(16)13-5-3-2-4-6-13/h2-10,15H,11H2,1H3. The molecule has 0 saturated carbocycles. The zero-order valence-corrected chi connectivity index (χ0v) is 12.2. The summed E-state index contributed by atoms with van der Waals surface area (Å²) >= 11 is 6.19. The molecular weight excluding hydrogens is 280 g/mol. The smallest absolute Gasteiger partial charge is 0.180 e. The zero-order valence-electron chi connectivity index (χ0n) is 10.6. The molecule has 0 aliphatic rings. The van der Waals surface area contributed by atoms with Gasteiger partial charge in [0.1, 0.15) is 0 Å². The van der Waals surface area contributed by atoms with Crippen LogP contribution in [0.25, 0.3) is 0 Å². The Labute approximate surface area is 119 Å². The number of alkyl halides is 1. The molecule has 2 rings (SSSR count). The number of aryl methyl sites for hydroxylation is 1. The van der Waals surface area contributed by atoms with Crippen molar-refractivity contribution < 1.29 is 8.42 Å². The van der Waals surface area contributed by atoms with E-state index in [1.165, 1.54) is 0 Å². The van der Waals surface area contributed by atoms with E-state index in [1.807, 2.05) is 37.3 Å². The molecule has 2 aromatic rings. The van der Waals surface area contributed by atoms with Crippen molar-refractivity contribution in [2.75, 3.05) is 5.75 Å². The molecule has 0 aliphatic carbocycles. The van der Waals surface area contributed by atoms with Gasteiger partial charge in [-0.15, -0.1) is 11.6 Å². The van der Waals surface area contributed by atoms with E-state index in [1.54, 1.807) is 24.3 Å². The van der Waals surface area contributed by atoms with Crippen LogP contribution in [0.15, 0.2) is 59.5 Å². The van der Waals surface area contributed by atoms with Crippen LogP contribution in [0.5, 0.6) is 0 Å². The summed E-state index contributed by atoms with van der Waals surface area (Å²) in [5.74, 6) is -0.0956. The third kappa shape index (κ3) is 3.58. The summed E-state index contributed by atoms with van der Waals surface area (Å²) in [5, 5.41) is -0.535. The summed E-state index contributed by atoms with van der Waals surface area (Å²) in [6, 6.07) is 16.1. The van der Waals surface area contributed by atoms with Crippen molar-refractivity contribution in [2.45, 2.75) is 17.2 Å². The normalized spacial score (nSPS) is 13.2. The van der Waals surface area contributed by atoms with E-state index in [0.717, 1.165) is 11.1 Å². The Bertz CT molecular complexity index is 634. The molecule has 1 unspecified atom stereocenters. The van der Waals surface area contributed by atoms with Gasteiger partial charge >= 0.3 is 0 Å². The van der Waals surface area contributed by atoms with Crippen LogP contribution in [0.2, 0.25) is 0 Å². The lowest BCUT2D eigenvalue weighted by Gasteiger charge is -2.10. The Hall–Kier alpha value is -1.32. The highest BCUT2D eigenvalue weighted by Gasteiger charge is 2.20. The highest BCUT2D eigenvalue weighted by molar-refractivity contribution is 7.91. The van der Waals surface area contributed by atoms with Gasteiger partial charge < -0.3 is 0 Å². The summed E-state index contributed by atoms with van der Waals surface area (Å²) in [6.07, 6.45) is 0. The number of rotatable bonds is 4. The number of halogens is 1. The second-order valence-electron chi connectivity index (χ2n) is 4.47. The fourth-order valence-electron chi connectivity index (χ4n) is 1.79. The maximum atomic E-state index is 12.2. The Balaban J connectivity index is 2.20. The van der Waals surface area contributed by atoms with Gasteiger partial charge in [-0.2, -0.15) is 0 Å². The first kappa shape index (κ1) is 14.1. The lowest BCUT2D eigenvalue weighted by molar-refractivity contribution is 0.594. The molecule has 0 N–H and O–H groups in total. The third-order valence-electron chi connectivity index (χ3n) is 2.91. The van der Waals surface area contributed by atoms with Crippen LogP contribution >= 0.6 is 11.6 Å². The Morgan fingerprint density at radius 3 is 2.16 bits per heavy atom. The molecule has 2 nitrogen and oxygen atoms in total. The van der Waals surface area contributed by atoms with Gasteiger partial charge in [0, 0.05) is 0 Å². The minimum Gasteiger partial charge on any atom is -0.224 e. The molecule has 19 heavy (non-hydrogen) atoms. The van der Waals surface area contributed by atoms with Crippen molar-refractivity contribution in [1.29, 1.82) is 0 Å². The molecule has 0 spiro atoms. The molecule has 0 aliphatic heterocycles. The van der Waals surface area contributed by atoms with Gasteiger partial charge in [-0.05, 0) is 24.6 Å². The molecule has 0 amide bonds. The SMILES string of the molecule is Cc1ccc(S(=O)(=O)CC(Cl)c2ccccc2)cc1. The van der Waals surface area contributed by atoms with Gasteiger partial charge in [0.15, 0.2) is 9.84 Å². The average Bonchev–Trinajstić information content (AvgIpc) is 2.40. The second kappa shape index (κ2) is 5.76. The maximum absolute atomic E-state index is 12.2. The summed E-state index contributed by atoms with van der Waals surface area (Å²) in [5.41, 5.74) is 1.85. The largest absolute Gasteiger partial charge is 0.224 e. The van der Waals surface area contributed by atoms with E-state index in [0.29, 0.717) is 4.90 Å². The zero-order chi connectivity index (χ0) is 13.9. The molecule has 0 radical (unpaired) electrons. The van der Waals surface area contributed by atoms with Crippen LogP contribution in [-0.4, -0.2) is 14.2 Å². The number of hydrogen-bond acceptors (Lipinski definition) is 2. The molecule has 2 aromatic carbocycles. The van der Waals surface area contributed by atoms with Gasteiger partial charge in [-0.3, -0.25) is 0 Å². The highest BCUT2D eigenvalue weighted by Crippen LogP contribution is 2.25. The van der Waals surface area contributed by atoms with Crippen LogP contribution in [0.4, 0.5) is 0 Å². The fraction of sp³-hybridized carbons (Fsp3) is 0.200. The third-order valence-corrected chi connectivity index (χ3v) is 5.26. The van der Waals surface area contributed by atoms with Crippen molar-refractivity contribution in [2.24, 2.45) is 0 Å². The first-order valence-electron chi connectivity index (χ1n) is 5.97. The van der Waals surface area contributed by atoms with Gasteiger partial charge in [0.25, 0.3) is 0 Å². The molecule has 0 aromatic heterocycles. The summed E-state index contributed by atoms with van der Waals surface area (Å²) in [4.78, 5) is 0.319. The minimum atomic E-state index is -3.36. The second-order valence-corrected chi connectivity index (χ2v) is 7.03. The van der Waals surface area contributed by atoms with E-state index in [4.69, 9.17) is 11.6 Å². The lowest BCUT2D eigenvalue weighted by atomic mass is 10.2. The number of benzene rings is 2. The van der Waals surface area contributed by atoms with Crippen LogP contribution in [0.1, 0.15) is 16.5 Å². The molecule has 4 heteroatoms. The molecule has 0 heterocycles. The molecule has 100 valence electrons. The number of sulfone groups is 1. The van der Waals surface area contributed by atoms with Crippen LogP contribution in [-0.2, 0) is 9.84 Å². The van der Waals surface area contributed by atoms with E-state index in [-0.39, 0.29) is 5.75 Å². The van der Waals surface area contributed by atoms with Crippen LogP contribution in [0.3, 0.4) is 0 Å². The Morgan fingerprint density at radius 2 is 1.58 bits per heavy atom. The summed E-state index contributed by atoms with van der Waals surface area (Å²) in [7, 11) is -3.36. The van der Waals surface area contributed by atoms with E-state index in [2.05, 4.69) is 0 Å². The van der Waals surface area contributed by atoms with Crippen molar-refractivity contribution >= 4 is 21.4 Å².